The van der Waals surface area contributed by atoms with Crippen LogP contribution in [-0.4, -0.2) is 23.9 Å². The van der Waals surface area contributed by atoms with Crippen molar-refractivity contribution in [2.75, 3.05) is 13.1 Å². The Bertz CT molecular complexity index is 163. The van der Waals surface area contributed by atoms with Gasteiger partial charge in [0.25, 0.3) is 0 Å². The molecule has 0 aromatic heterocycles. The number of likely N-dealkylation sites (tertiary alicyclic amines) is 1. The number of hydrogen-bond donors (Lipinski definition) is 0. The molecular formula is C9H17NO. The van der Waals surface area contributed by atoms with Gasteiger partial charge in [-0.15, -0.1) is 0 Å². The zero-order valence-electron chi connectivity index (χ0n) is 7.85. The zero-order chi connectivity index (χ0) is 8.65. The summed E-state index contributed by atoms with van der Waals surface area (Å²) in [4.78, 5) is 12.7. The van der Waals surface area contributed by atoms with Gasteiger partial charge in [-0.05, 0) is 11.3 Å². The van der Waals surface area contributed by atoms with Gasteiger partial charge in [0, 0.05) is 20.0 Å². The van der Waals surface area contributed by atoms with E-state index in [2.05, 4.69) is 20.8 Å². The molecule has 1 amide bonds. The fourth-order valence-electron chi connectivity index (χ4n) is 1.28. The fourth-order valence-corrected chi connectivity index (χ4v) is 1.28. The molecule has 11 heavy (non-hydrogen) atoms. The molecule has 1 aliphatic heterocycles. The third kappa shape index (κ3) is 1.73. The third-order valence-electron chi connectivity index (χ3n) is 2.55. The van der Waals surface area contributed by atoms with E-state index in [9.17, 15) is 4.79 Å². The number of rotatable bonds is 0. The van der Waals surface area contributed by atoms with Crippen LogP contribution in [0.2, 0.25) is 0 Å². The summed E-state index contributed by atoms with van der Waals surface area (Å²) in [5.74, 6) is 0.914. The van der Waals surface area contributed by atoms with Gasteiger partial charge in [0.05, 0.1) is 0 Å². The molecular weight excluding hydrogens is 138 g/mol. The number of amides is 1. The van der Waals surface area contributed by atoms with Crippen LogP contribution in [0.25, 0.3) is 0 Å². The highest BCUT2D eigenvalue weighted by Gasteiger charge is 2.36. The maximum Gasteiger partial charge on any atom is 0.219 e. The van der Waals surface area contributed by atoms with Crippen LogP contribution in [0.15, 0.2) is 0 Å². The number of carbonyl (C=O) groups excluding carboxylic acids is 1. The van der Waals surface area contributed by atoms with Crippen LogP contribution in [0.4, 0.5) is 0 Å². The van der Waals surface area contributed by atoms with Gasteiger partial charge < -0.3 is 4.90 Å². The van der Waals surface area contributed by atoms with Crippen LogP contribution in [0, 0.1) is 11.3 Å². The number of hydrogen-bond acceptors (Lipinski definition) is 1. The smallest absolute Gasteiger partial charge is 0.219 e. The molecule has 64 valence electrons. The lowest BCUT2D eigenvalue weighted by atomic mass is 9.76. The lowest BCUT2D eigenvalue weighted by molar-refractivity contribution is -0.137. The Morgan fingerprint density at radius 3 is 2.09 bits per heavy atom. The molecule has 1 rings (SSSR count). The first-order valence-corrected chi connectivity index (χ1v) is 4.17. The summed E-state index contributed by atoms with van der Waals surface area (Å²) in [7, 11) is 0. The van der Waals surface area contributed by atoms with Crippen molar-refractivity contribution in [2.24, 2.45) is 11.3 Å². The third-order valence-corrected chi connectivity index (χ3v) is 2.55. The molecule has 0 bridgehead atoms. The summed E-state index contributed by atoms with van der Waals surface area (Å²) in [5.41, 5.74) is 0.367. The minimum atomic E-state index is 0.213. The Balaban J connectivity index is 2.35. The summed E-state index contributed by atoms with van der Waals surface area (Å²) in [6, 6.07) is 0. The van der Waals surface area contributed by atoms with Gasteiger partial charge in [-0.1, -0.05) is 20.8 Å². The van der Waals surface area contributed by atoms with Crippen molar-refractivity contribution in [3.63, 3.8) is 0 Å². The number of nitrogens with zero attached hydrogens (tertiary/aromatic N) is 1. The minimum absolute atomic E-state index is 0.213. The van der Waals surface area contributed by atoms with E-state index in [1.807, 2.05) is 4.90 Å². The molecule has 0 aromatic carbocycles. The Hall–Kier alpha value is -0.530. The SMILES string of the molecule is CC(=O)N1CC(C(C)(C)C)C1. The van der Waals surface area contributed by atoms with Crippen molar-refractivity contribution >= 4 is 5.91 Å². The molecule has 1 aliphatic rings. The largest absolute Gasteiger partial charge is 0.342 e. The number of carbonyl (C=O) groups is 1. The Morgan fingerprint density at radius 2 is 1.82 bits per heavy atom. The standard InChI is InChI=1S/C9H17NO/c1-7(11)10-5-8(6-10)9(2,3)4/h8H,5-6H2,1-4H3. The van der Waals surface area contributed by atoms with Crippen molar-refractivity contribution in [1.82, 2.24) is 4.90 Å². The second kappa shape index (κ2) is 2.50. The fraction of sp³-hybridized carbons (Fsp3) is 0.889. The van der Waals surface area contributed by atoms with Crippen LogP contribution in [0.5, 0.6) is 0 Å². The molecule has 0 saturated carbocycles. The molecule has 0 N–H and O–H groups in total. The van der Waals surface area contributed by atoms with Gasteiger partial charge in [0.1, 0.15) is 0 Å². The van der Waals surface area contributed by atoms with E-state index in [1.54, 1.807) is 6.92 Å². The topological polar surface area (TPSA) is 20.3 Å². The van der Waals surface area contributed by atoms with E-state index < -0.39 is 0 Å². The average molecular weight is 155 g/mol. The van der Waals surface area contributed by atoms with Crippen molar-refractivity contribution in [3.8, 4) is 0 Å². The molecule has 0 aliphatic carbocycles. The van der Waals surface area contributed by atoms with Gasteiger partial charge in [-0.2, -0.15) is 0 Å². The highest BCUT2D eigenvalue weighted by atomic mass is 16.2. The Labute approximate surface area is 68.6 Å². The van der Waals surface area contributed by atoms with Crippen LogP contribution in [-0.2, 0) is 4.79 Å². The van der Waals surface area contributed by atoms with Crippen LogP contribution >= 0.6 is 0 Å². The van der Waals surface area contributed by atoms with Crippen molar-refractivity contribution in [3.05, 3.63) is 0 Å². The molecule has 2 nitrogen and oxygen atoms in total. The second-order valence-electron chi connectivity index (χ2n) is 4.49. The van der Waals surface area contributed by atoms with Crippen molar-refractivity contribution in [1.29, 1.82) is 0 Å². The van der Waals surface area contributed by atoms with Crippen molar-refractivity contribution < 1.29 is 4.79 Å². The van der Waals surface area contributed by atoms with Gasteiger partial charge in [0.15, 0.2) is 0 Å². The van der Waals surface area contributed by atoms with E-state index in [0.717, 1.165) is 13.1 Å². The van der Waals surface area contributed by atoms with Crippen molar-refractivity contribution in [2.45, 2.75) is 27.7 Å². The maximum absolute atomic E-state index is 10.8. The molecule has 1 fully saturated rings. The summed E-state index contributed by atoms with van der Waals surface area (Å²) in [5, 5.41) is 0. The zero-order valence-corrected chi connectivity index (χ0v) is 7.85. The molecule has 0 spiro atoms. The summed E-state index contributed by atoms with van der Waals surface area (Å²) < 4.78 is 0. The van der Waals surface area contributed by atoms with Gasteiger partial charge in [-0.25, -0.2) is 0 Å². The summed E-state index contributed by atoms with van der Waals surface area (Å²) in [6.45, 7) is 10.2. The van der Waals surface area contributed by atoms with Gasteiger partial charge in [-0.3, -0.25) is 4.79 Å². The Morgan fingerprint density at radius 1 is 1.36 bits per heavy atom. The first kappa shape index (κ1) is 8.57. The quantitative estimate of drug-likeness (QED) is 0.519. The summed E-state index contributed by atoms with van der Waals surface area (Å²) in [6.07, 6.45) is 0. The van der Waals surface area contributed by atoms with Gasteiger partial charge in [0.2, 0.25) is 5.91 Å². The summed E-state index contributed by atoms with van der Waals surface area (Å²) >= 11 is 0. The van der Waals surface area contributed by atoms with E-state index >= 15 is 0 Å². The predicted octanol–water partition coefficient (Wildman–Crippen LogP) is 1.51. The monoisotopic (exact) mass is 155 g/mol. The van der Waals surface area contributed by atoms with Crippen LogP contribution in [0.3, 0.4) is 0 Å². The second-order valence-corrected chi connectivity index (χ2v) is 4.49. The first-order chi connectivity index (χ1) is 4.91. The first-order valence-electron chi connectivity index (χ1n) is 4.17. The minimum Gasteiger partial charge on any atom is -0.342 e. The molecule has 1 heterocycles. The highest BCUT2D eigenvalue weighted by molar-refractivity contribution is 5.74. The lowest BCUT2D eigenvalue weighted by Crippen LogP contribution is -2.53. The van der Waals surface area contributed by atoms with E-state index in [4.69, 9.17) is 0 Å². The molecule has 0 unspecified atom stereocenters. The van der Waals surface area contributed by atoms with E-state index in [-0.39, 0.29) is 5.91 Å². The van der Waals surface area contributed by atoms with Crippen LogP contribution in [0.1, 0.15) is 27.7 Å². The molecule has 1 saturated heterocycles. The van der Waals surface area contributed by atoms with Crippen LogP contribution < -0.4 is 0 Å². The lowest BCUT2D eigenvalue weighted by Gasteiger charge is -2.45. The van der Waals surface area contributed by atoms with E-state index in [1.165, 1.54) is 0 Å². The highest BCUT2D eigenvalue weighted by Crippen LogP contribution is 2.33. The molecule has 2 heteroatoms. The average Bonchev–Trinajstić information content (AvgIpc) is 1.51. The predicted molar refractivity (Wildman–Crippen MR) is 45.2 cm³/mol. The maximum atomic E-state index is 10.8. The normalized spacial score (nSPS) is 19.8. The molecule has 0 radical (unpaired) electrons. The molecule has 0 atom stereocenters. The van der Waals surface area contributed by atoms with Gasteiger partial charge >= 0.3 is 0 Å². The Kier molecular flexibility index (Phi) is 1.95. The molecule has 0 aromatic rings. The van der Waals surface area contributed by atoms with E-state index in [0.29, 0.717) is 11.3 Å².